The van der Waals surface area contributed by atoms with Crippen LogP contribution in [0.2, 0.25) is 5.02 Å². The minimum Gasteiger partial charge on any atom is -0.264 e. The molecule has 0 spiro atoms. The van der Waals surface area contributed by atoms with Gasteiger partial charge in [0.1, 0.15) is 0 Å². The highest BCUT2D eigenvalue weighted by Crippen LogP contribution is 2.29. The van der Waals surface area contributed by atoms with E-state index in [1.807, 2.05) is 13.8 Å². The van der Waals surface area contributed by atoms with E-state index in [1.165, 1.54) is 6.20 Å². The van der Waals surface area contributed by atoms with Gasteiger partial charge in [-0.2, -0.15) is 0 Å². The van der Waals surface area contributed by atoms with Gasteiger partial charge in [-0.1, -0.05) is 25.4 Å². The van der Waals surface area contributed by atoms with Crippen LogP contribution in [0.15, 0.2) is 18.5 Å². The van der Waals surface area contributed by atoms with Crippen LogP contribution in [0.4, 0.5) is 8.78 Å². The van der Waals surface area contributed by atoms with E-state index >= 15 is 0 Å². The SMILES string of the molecule is CC.Cc1cncc2c(F)c(F)cc(Cl)c12. The molecule has 86 valence electrons. The summed E-state index contributed by atoms with van der Waals surface area (Å²) >= 11 is 5.81. The van der Waals surface area contributed by atoms with E-state index in [2.05, 4.69) is 4.98 Å². The van der Waals surface area contributed by atoms with Gasteiger partial charge in [0.05, 0.1) is 5.02 Å². The Kier molecular flexibility index (Phi) is 4.19. The van der Waals surface area contributed by atoms with E-state index in [9.17, 15) is 8.78 Å². The third-order valence-corrected chi connectivity index (χ3v) is 2.37. The lowest BCUT2D eigenvalue weighted by Gasteiger charge is -2.05. The second kappa shape index (κ2) is 5.21. The normalized spacial score (nSPS) is 9.88. The van der Waals surface area contributed by atoms with Crippen LogP contribution in [0.25, 0.3) is 10.8 Å². The van der Waals surface area contributed by atoms with Crippen molar-refractivity contribution in [3.05, 3.63) is 40.7 Å². The van der Waals surface area contributed by atoms with Gasteiger partial charge in [-0.3, -0.25) is 4.98 Å². The minimum atomic E-state index is -0.949. The van der Waals surface area contributed by atoms with Gasteiger partial charge >= 0.3 is 0 Å². The van der Waals surface area contributed by atoms with Crippen molar-refractivity contribution in [2.75, 3.05) is 0 Å². The zero-order chi connectivity index (χ0) is 12.3. The summed E-state index contributed by atoms with van der Waals surface area (Å²) < 4.78 is 26.2. The molecule has 0 radical (unpaired) electrons. The van der Waals surface area contributed by atoms with E-state index in [0.29, 0.717) is 5.39 Å². The maximum atomic E-state index is 13.3. The monoisotopic (exact) mass is 243 g/mol. The summed E-state index contributed by atoms with van der Waals surface area (Å²) in [5.74, 6) is -1.85. The number of fused-ring (bicyclic) bond motifs is 1. The molecule has 0 fully saturated rings. The van der Waals surface area contributed by atoms with Crippen LogP contribution in [0.5, 0.6) is 0 Å². The fraction of sp³-hybridized carbons (Fsp3) is 0.250. The van der Waals surface area contributed by atoms with Gasteiger partial charge in [-0.15, -0.1) is 0 Å². The first-order chi connectivity index (χ1) is 7.61. The standard InChI is InChI=1S/C10H6ClF2N.C2H6/c1-5-3-14-4-6-9(5)7(11)2-8(12)10(6)13;1-2/h2-4H,1H3;1-2H3. The van der Waals surface area contributed by atoms with Crippen molar-refractivity contribution in [3.63, 3.8) is 0 Å². The van der Waals surface area contributed by atoms with Crippen molar-refractivity contribution in [2.45, 2.75) is 20.8 Å². The number of aryl methyl sites for hydroxylation is 1. The third kappa shape index (κ3) is 2.14. The Morgan fingerprint density at radius 3 is 2.44 bits per heavy atom. The van der Waals surface area contributed by atoms with E-state index < -0.39 is 11.6 Å². The topological polar surface area (TPSA) is 12.9 Å². The Hall–Kier alpha value is -1.22. The Balaban J connectivity index is 0.000000606. The molecular weight excluding hydrogens is 232 g/mol. The molecule has 0 saturated carbocycles. The van der Waals surface area contributed by atoms with E-state index in [4.69, 9.17) is 11.6 Å². The predicted octanol–water partition coefficient (Wildman–Crippen LogP) is 4.50. The van der Waals surface area contributed by atoms with Gasteiger partial charge in [-0.25, -0.2) is 8.78 Å². The Bertz CT molecular complexity index is 512. The number of pyridine rings is 1. The lowest BCUT2D eigenvalue weighted by atomic mass is 10.1. The molecule has 16 heavy (non-hydrogen) atoms. The number of hydrogen-bond acceptors (Lipinski definition) is 1. The second-order valence-electron chi connectivity index (χ2n) is 3.03. The zero-order valence-electron chi connectivity index (χ0n) is 9.31. The molecule has 0 unspecified atom stereocenters. The fourth-order valence-electron chi connectivity index (χ4n) is 1.42. The van der Waals surface area contributed by atoms with Gasteiger partial charge in [0.25, 0.3) is 0 Å². The maximum absolute atomic E-state index is 13.3. The van der Waals surface area contributed by atoms with Crippen molar-refractivity contribution < 1.29 is 8.78 Å². The minimum absolute atomic E-state index is 0.120. The molecule has 0 amide bonds. The third-order valence-electron chi connectivity index (χ3n) is 2.07. The Morgan fingerprint density at radius 1 is 1.19 bits per heavy atom. The highest BCUT2D eigenvalue weighted by molar-refractivity contribution is 6.35. The summed E-state index contributed by atoms with van der Waals surface area (Å²) in [6.45, 7) is 5.75. The van der Waals surface area contributed by atoms with Crippen molar-refractivity contribution in [1.29, 1.82) is 0 Å². The molecule has 0 bridgehead atoms. The molecule has 0 aliphatic heterocycles. The lowest BCUT2D eigenvalue weighted by molar-refractivity contribution is 0.517. The van der Waals surface area contributed by atoms with Crippen molar-refractivity contribution >= 4 is 22.4 Å². The fourth-order valence-corrected chi connectivity index (χ4v) is 1.77. The highest BCUT2D eigenvalue weighted by Gasteiger charge is 2.12. The molecule has 0 saturated heterocycles. The summed E-state index contributed by atoms with van der Waals surface area (Å²) in [6, 6.07) is 0.978. The average molecular weight is 244 g/mol. The van der Waals surface area contributed by atoms with Crippen LogP contribution >= 0.6 is 11.6 Å². The molecule has 2 rings (SSSR count). The summed E-state index contributed by atoms with van der Waals surface area (Å²) in [5.41, 5.74) is 0.728. The molecule has 1 nitrogen and oxygen atoms in total. The number of rotatable bonds is 0. The predicted molar refractivity (Wildman–Crippen MR) is 62.8 cm³/mol. The molecular formula is C12H12ClF2N. The van der Waals surface area contributed by atoms with Crippen molar-refractivity contribution in [2.24, 2.45) is 0 Å². The van der Waals surface area contributed by atoms with E-state index in [1.54, 1.807) is 13.1 Å². The largest absolute Gasteiger partial charge is 0.264 e. The van der Waals surface area contributed by atoms with Gasteiger partial charge in [0, 0.05) is 23.2 Å². The number of halogens is 3. The molecule has 0 N–H and O–H groups in total. The smallest absolute Gasteiger partial charge is 0.168 e. The van der Waals surface area contributed by atoms with Crippen molar-refractivity contribution in [1.82, 2.24) is 4.98 Å². The molecule has 0 aliphatic rings. The Labute approximate surface area is 98.1 Å². The number of aromatic nitrogens is 1. The Morgan fingerprint density at radius 2 is 1.81 bits per heavy atom. The first-order valence-electron chi connectivity index (χ1n) is 4.99. The second-order valence-corrected chi connectivity index (χ2v) is 3.44. The van der Waals surface area contributed by atoms with Crippen molar-refractivity contribution in [3.8, 4) is 0 Å². The summed E-state index contributed by atoms with van der Waals surface area (Å²) in [5, 5.41) is 0.842. The van der Waals surface area contributed by atoms with Crippen LogP contribution in [0, 0.1) is 18.6 Å². The van der Waals surface area contributed by atoms with Gasteiger partial charge in [-0.05, 0) is 18.6 Å². The molecule has 0 atom stereocenters. The van der Waals surface area contributed by atoms with E-state index in [-0.39, 0.29) is 10.4 Å². The quantitative estimate of drug-likeness (QED) is 0.621. The summed E-state index contributed by atoms with van der Waals surface area (Å²) in [4.78, 5) is 3.79. The van der Waals surface area contributed by atoms with Crippen LogP contribution < -0.4 is 0 Å². The number of benzene rings is 1. The maximum Gasteiger partial charge on any atom is 0.168 e. The summed E-state index contributed by atoms with van der Waals surface area (Å²) in [7, 11) is 0. The first kappa shape index (κ1) is 12.8. The van der Waals surface area contributed by atoms with Crippen LogP contribution in [-0.2, 0) is 0 Å². The summed E-state index contributed by atoms with van der Waals surface area (Å²) in [6.07, 6.45) is 2.83. The highest BCUT2D eigenvalue weighted by atomic mass is 35.5. The first-order valence-corrected chi connectivity index (χ1v) is 5.37. The van der Waals surface area contributed by atoms with Crippen LogP contribution in [0.3, 0.4) is 0 Å². The van der Waals surface area contributed by atoms with Gasteiger partial charge in [0.2, 0.25) is 0 Å². The molecule has 1 aromatic carbocycles. The van der Waals surface area contributed by atoms with Crippen LogP contribution in [0.1, 0.15) is 19.4 Å². The number of nitrogens with zero attached hydrogens (tertiary/aromatic N) is 1. The van der Waals surface area contributed by atoms with Crippen LogP contribution in [-0.4, -0.2) is 4.98 Å². The van der Waals surface area contributed by atoms with E-state index in [0.717, 1.165) is 11.6 Å². The average Bonchev–Trinajstić information content (AvgIpc) is 2.28. The van der Waals surface area contributed by atoms with Gasteiger partial charge < -0.3 is 0 Å². The van der Waals surface area contributed by atoms with Gasteiger partial charge in [0.15, 0.2) is 11.6 Å². The molecule has 0 aliphatic carbocycles. The molecule has 1 heterocycles. The lowest BCUT2D eigenvalue weighted by Crippen LogP contribution is -1.90. The number of hydrogen-bond donors (Lipinski definition) is 0. The molecule has 2 aromatic rings. The molecule has 4 heteroatoms. The molecule has 1 aromatic heterocycles. The zero-order valence-corrected chi connectivity index (χ0v) is 10.1.